The summed E-state index contributed by atoms with van der Waals surface area (Å²) in [7, 11) is 1.75. The summed E-state index contributed by atoms with van der Waals surface area (Å²) in [6.07, 6.45) is 19.9. The van der Waals surface area contributed by atoms with E-state index >= 15 is 0 Å². The average molecular weight is 939 g/mol. The number of hydrogen-bond donors (Lipinski definition) is 6. The smallest absolute Gasteiger partial charge is 0.228 e. The van der Waals surface area contributed by atoms with Crippen LogP contribution in [-0.4, -0.2) is 123 Å². The van der Waals surface area contributed by atoms with Crippen molar-refractivity contribution in [1.82, 2.24) is 36.4 Å². The maximum Gasteiger partial charge on any atom is 0.228 e. The monoisotopic (exact) mass is 938 g/mol. The Balaban J connectivity index is 1.53. The van der Waals surface area contributed by atoms with E-state index in [1.807, 2.05) is 0 Å². The van der Waals surface area contributed by atoms with Gasteiger partial charge < -0.3 is 42.1 Å². The van der Waals surface area contributed by atoms with Crippen LogP contribution >= 0.6 is 0 Å². The quantitative estimate of drug-likeness (QED) is 0.0405. The molecule has 0 spiro atoms. The second-order valence-electron chi connectivity index (χ2n) is 27.7. The number of unbranched alkanes of at least 4 members (excludes halogenated alkanes) is 6. The summed E-state index contributed by atoms with van der Waals surface area (Å²) >= 11 is 0. The van der Waals surface area contributed by atoms with Gasteiger partial charge in [0.05, 0.1) is 0 Å². The zero-order valence-electron chi connectivity index (χ0n) is 47.5. The van der Waals surface area contributed by atoms with E-state index in [0.29, 0.717) is 29.9 Å². The molecule has 4 heterocycles. The fourth-order valence-electron chi connectivity index (χ4n) is 14.6. The molecule has 1 unspecified atom stereocenters. The van der Waals surface area contributed by atoms with E-state index in [4.69, 9.17) is 15.7 Å². The molecule has 4 aliphatic rings. The lowest BCUT2D eigenvalue weighted by Gasteiger charge is -2.50. The van der Waals surface area contributed by atoms with Crippen LogP contribution in [0.3, 0.4) is 0 Å². The zero-order chi connectivity index (χ0) is 50.3. The van der Waals surface area contributed by atoms with E-state index in [2.05, 4.69) is 166 Å². The van der Waals surface area contributed by atoms with Crippen LogP contribution in [0.2, 0.25) is 0 Å². The first kappa shape index (κ1) is 57.9. The van der Waals surface area contributed by atoms with E-state index in [0.717, 1.165) is 64.1 Å². The highest BCUT2D eigenvalue weighted by Gasteiger charge is 2.44. The topological polar surface area (TPSA) is 130 Å². The first-order chi connectivity index (χ1) is 30.7. The normalized spacial score (nSPS) is 26.2. The van der Waals surface area contributed by atoms with Gasteiger partial charge >= 0.3 is 0 Å². The van der Waals surface area contributed by atoms with Crippen LogP contribution in [0.25, 0.3) is 0 Å². The van der Waals surface area contributed by atoms with Crippen LogP contribution in [0.1, 0.15) is 234 Å². The lowest BCUT2D eigenvalue weighted by molar-refractivity contribution is 0.0680. The Morgan fingerprint density at radius 1 is 0.552 bits per heavy atom. The zero-order valence-corrected chi connectivity index (χ0v) is 47.5. The standard InChI is InChI=1S/C56H111N11/c1-20-66(44-37-53(11,12)64-54(13,14)38-44)31-27-23-24-28-32-67(45-39-55(15,16)65-56(17,18)40-45)48(61-47(57)58-19)60-41(2)46(42-33-49(3,4)62-50(5,6)34-42)29-25-21-22-26-30-59-43-35-51(7,8)63-52(9,10)36-43/h42-46,59,62-65H,20-40H2,1-19H3,(H2,57,58). The van der Waals surface area contributed by atoms with E-state index in [-0.39, 0.29) is 50.4 Å². The van der Waals surface area contributed by atoms with Crippen LogP contribution < -0.4 is 32.3 Å². The van der Waals surface area contributed by atoms with Gasteiger partial charge in [-0.2, -0.15) is 4.99 Å². The van der Waals surface area contributed by atoms with Gasteiger partial charge in [-0.15, -0.1) is 0 Å². The van der Waals surface area contributed by atoms with Crippen LogP contribution in [0.5, 0.6) is 0 Å². The number of nitrogens with zero attached hydrogens (tertiary/aromatic N) is 5. The second-order valence-corrected chi connectivity index (χ2v) is 27.7. The van der Waals surface area contributed by atoms with Crippen molar-refractivity contribution >= 4 is 17.6 Å². The molecule has 0 aliphatic carbocycles. The second kappa shape index (κ2) is 23.3. The van der Waals surface area contributed by atoms with Crippen molar-refractivity contribution in [3.05, 3.63) is 0 Å². The summed E-state index contributed by atoms with van der Waals surface area (Å²) in [6.45, 7) is 46.9. The Bertz CT molecular complexity index is 1570. The van der Waals surface area contributed by atoms with Crippen molar-refractivity contribution < 1.29 is 0 Å². The Labute approximate surface area is 414 Å². The third-order valence-electron chi connectivity index (χ3n) is 15.7. The molecule has 11 nitrogen and oxygen atoms in total. The maximum absolute atomic E-state index is 6.59. The summed E-state index contributed by atoms with van der Waals surface area (Å²) in [5, 5.41) is 19.6. The van der Waals surface area contributed by atoms with Gasteiger partial charge in [-0.25, -0.2) is 4.99 Å². The van der Waals surface area contributed by atoms with E-state index in [9.17, 15) is 0 Å². The Kier molecular flexibility index (Phi) is 20.1. The molecule has 390 valence electrons. The number of rotatable bonds is 20. The fraction of sp³-hybridized carbons (Fsp3) is 0.946. The molecule has 0 amide bonds. The van der Waals surface area contributed by atoms with E-state index < -0.39 is 0 Å². The minimum atomic E-state index is -0.0224. The predicted molar refractivity (Wildman–Crippen MR) is 292 cm³/mol. The molecule has 0 radical (unpaired) electrons. The van der Waals surface area contributed by atoms with Crippen LogP contribution in [0.4, 0.5) is 0 Å². The number of piperidine rings is 4. The first-order valence-corrected chi connectivity index (χ1v) is 27.5. The average Bonchev–Trinajstić information content (AvgIpc) is 3.11. The lowest BCUT2D eigenvalue weighted by Crippen LogP contribution is -2.63. The molecule has 0 saturated carbocycles. The van der Waals surface area contributed by atoms with Gasteiger partial charge in [0, 0.05) is 87.7 Å². The Hall–Kier alpha value is -1.63. The van der Waals surface area contributed by atoms with Crippen LogP contribution in [0, 0.1) is 11.8 Å². The van der Waals surface area contributed by atoms with Crippen molar-refractivity contribution in [2.75, 3.05) is 33.2 Å². The summed E-state index contributed by atoms with van der Waals surface area (Å²) in [4.78, 5) is 20.6. The van der Waals surface area contributed by atoms with Gasteiger partial charge in [0.15, 0.2) is 0 Å². The molecule has 4 fully saturated rings. The van der Waals surface area contributed by atoms with Crippen LogP contribution in [0.15, 0.2) is 15.0 Å². The van der Waals surface area contributed by atoms with Gasteiger partial charge in [-0.3, -0.25) is 4.99 Å². The lowest BCUT2D eigenvalue weighted by atomic mass is 9.68. The van der Waals surface area contributed by atoms with Crippen LogP contribution in [-0.2, 0) is 0 Å². The minimum absolute atomic E-state index is 0.0224. The molecular weight excluding hydrogens is 827 g/mol. The third-order valence-corrected chi connectivity index (χ3v) is 15.7. The maximum atomic E-state index is 6.59. The summed E-state index contributed by atoms with van der Waals surface area (Å²) in [6, 6.07) is 1.48. The number of aliphatic imine (C=N–C) groups is 3. The number of nitrogens with two attached hydrogens (primary N) is 1. The number of hydrogen-bond acceptors (Lipinski definition) is 7. The largest absolute Gasteiger partial charge is 0.368 e. The predicted octanol–water partition coefficient (Wildman–Crippen LogP) is 10.6. The molecule has 67 heavy (non-hydrogen) atoms. The molecule has 0 aromatic carbocycles. The summed E-state index contributed by atoms with van der Waals surface area (Å²) < 4.78 is 0. The molecule has 4 rings (SSSR count). The molecular formula is C56H111N11. The first-order valence-electron chi connectivity index (χ1n) is 27.5. The summed E-state index contributed by atoms with van der Waals surface area (Å²) in [5.41, 5.74) is 8.52. The van der Waals surface area contributed by atoms with Gasteiger partial charge in [-0.05, 0) is 220 Å². The molecule has 0 aromatic heterocycles. The van der Waals surface area contributed by atoms with Crippen molar-refractivity contribution in [2.45, 2.75) is 296 Å². The van der Waals surface area contributed by atoms with Gasteiger partial charge in [-0.1, -0.05) is 39.0 Å². The highest BCUT2D eigenvalue weighted by Crippen LogP contribution is 2.40. The number of guanidine groups is 2. The molecule has 4 saturated heterocycles. The van der Waals surface area contributed by atoms with Crippen molar-refractivity contribution in [3.63, 3.8) is 0 Å². The molecule has 0 aromatic rings. The van der Waals surface area contributed by atoms with E-state index in [1.165, 1.54) is 82.9 Å². The summed E-state index contributed by atoms with van der Waals surface area (Å²) in [5.74, 6) is 1.96. The Morgan fingerprint density at radius 3 is 1.45 bits per heavy atom. The minimum Gasteiger partial charge on any atom is -0.368 e. The van der Waals surface area contributed by atoms with Gasteiger partial charge in [0.1, 0.15) is 0 Å². The highest BCUT2D eigenvalue weighted by atomic mass is 15.3. The highest BCUT2D eigenvalue weighted by molar-refractivity contribution is 6.02. The molecule has 1 atom stereocenters. The molecule has 0 bridgehead atoms. The van der Waals surface area contributed by atoms with Crippen molar-refractivity contribution in [3.8, 4) is 0 Å². The molecule has 11 heteroatoms. The SMILES string of the molecule is CCN(CCCCCCN(C(N=C(C)C(CCCCCCNC1CC(C)(C)NC(C)(C)C1)C1CC(C)(C)NC(C)(C)C1)=NC(N)=NC)C1CC(C)(C)NC(C)(C)C1)C1CC(C)(C)NC(C)(C)C1. The number of nitrogens with one attached hydrogen (secondary N) is 5. The van der Waals surface area contributed by atoms with Gasteiger partial charge in [0.2, 0.25) is 11.9 Å². The molecule has 4 aliphatic heterocycles. The Morgan fingerprint density at radius 2 is 0.970 bits per heavy atom. The van der Waals surface area contributed by atoms with Gasteiger partial charge in [0.25, 0.3) is 0 Å². The molecule has 7 N–H and O–H groups in total. The third kappa shape index (κ3) is 19.5. The van der Waals surface area contributed by atoms with Crippen molar-refractivity contribution in [2.24, 2.45) is 32.5 Å². The van der Waals surface area contributed by atoms with E-state index in [1.54, 1.807) is 7.05 Å². The fourth-order valence-corrected chi connectivity index (χ4v) is 14.6. The van der Waals surface area contributed by atoms with Crippen molar-refractivity contribution in [1.29, 1.82) is 0 Å².